The number of carbonyl (C=O) groups excluding carboxylic acids is 3. The fourth-order valence-corrected chi connectivity index (χ4v) is 6.72. The van der Waals surface area contributed by atoms with E-state index in [0.29, 0.717) is 43.1 Å². The molecule has 186 valence electrons. The number of unbranched alkanes of at least 4 members (excludes halogenated alkanes) is 2. The minimum Gasteiger partial charge on any atom is -0.396 e. The minimum absolute atomic E-state index is 0.0801. The fraction of sp³-hybridized carbons (Fsp3) is 0.625. The molecule has 8 nitrogen and oxygen atoms in total. The standard InChI is InChI=1S/C24H31BrClN3O5/c1-2-10-27-21(31)17-18-23(33)29(11-4-3-5-12-30)20(24(18)13-16(25)19(17)34-24)22(32)28-15-8-6-14(26)7-9-15/h6-9,16-20,30H,2-5,10-13H2,1H3,(H,27,31)(H,28,32)/t16?,17-,18+,19-,20?,24?/m1/s1. The molecule has 4 rings (SSSR count). The van der Waals surface area contributed by atoms with E-state index in [1.165, 1.54) is 0 Å². The highest BCUT2D eigenvalue weighted by molar-refractivity contribution is 9.09. The predicted molar refractivity (Wildman–Crippen MR) is 132 cm³/mol. The van der Waals surface area contributed by atoms with Gasteiger partial charge < -0.3 is 25.4 Å². The molecule has 3 heterocycles. The Morgan fingerprint density at radius 1 is 1.24 bits per heavy atom. The van der Waals surface area contributed by atoms with Crippen LogP contribution in [0, 0.1) is 11.8 Å². The molecule has 34 heavy (non-hydrogen) atoms. The second-order valence-corrected chi connectivity index (χ2v) is 10.9. The second-order valence-electron chi connectivity index (χ2n) is 9.27. The third-order valence-electron chi connectivity index (χ3n) is 7.06. The normalized spacial score (nSPS) is 31.6. The van der Waals surface area contributed by atoms with Gasteiger partial charge in [0.2, 0.25) is 17.7 Å². The number of benzene rings is 1. The first-order chi connectivity index (χ1) is 16.3. The molecule has 0 aromatic heterocycles. The third-order valence-corrected chi connectivity index (χ3v) is 8.16. The van der Waals surface area contributed by atoms with Gasteiger partial charge in [-0.1, -0.05) is 34.5 Å². The number of alkyl halides is 1. The Kier molecular flexibility index (Phi) is 7.86. The Balaban J connectivity index is 1.65. The van der Waals surface area contributed by atoms with Crippen molar-refractivity contribution in [3.8, 4) is 0 Å². The number of hydrogen-bond donors (Lipinski definition) is 3. The molecule has 2 bridgehead atoms. The highest BCUT2D eigenvalue weighted by Crippen LogP contribution is 2.60. The monoisotopic (exact) mass is 555 g/mol. The van der Waals surface area contributed by atoms with Gasteiger partial charge in [-0.25, -0.2) is 0 Å². The van der Waals surface area contributed by atoms with Crippen LogP contribution in [0.15, 0.2) is 24.3 Å². The van der Waals surface area contributed by atoms with Crippen LogP contribution < -0.4 is 10.6 Å². The Bertz CT molecular complexity index is 932. The lowest BCUT2D eigenvalue weighted by molar-refractivity contribution is -0.140. The third kappa shape index (κ3) is 4.47. The van der Waals surface area contributed by atoms with E-state index < -0.39 is 29.6 Å². The van der Waals surface area contributed by atoms with E-state index in [-0.39, 0.29) is 29.2 Å². The van der Waals surface area contributed by atoms with Crippen molar-refractivity contribution in [3.63, 3.8) is 0 Å². The molecule has 3 N–H and O–H groups in total. The molecule has 1 aromatic carbocycles. The van der Waals surface area contributed by atoms with Gasteiger partial charge in [-0.2, -0.15) is 0 Å². The van der Waals surface area contributed by atoms with Crippen LogP contribution in [0.5, 0.6) is 0 Å². The van der Waals surface area contributed by atoms with Crippen LogP contribution in [-0.4, -0.2) is 70.0 Å². The Morgan fingerprint density at radius 3 is 2.65 bits per heavy atom. The lowest BCUT2D eigenvalue weighted by Crippen LogP contribution is -2.54. The summed E-state index contributed by atoms with van der Waals surface area (Å²) in [5.74, 6) is -2.10. The summed E-state index contributed by atoms with van der Waals surface area (Å²) < 4.78 is 6.44. The van der Waals surface area contributed by atoms with Gasteiger partial charge >= 0.3 is 0 Å². The predicted octanol–water partition coefficient (Wildman–Crippen LogP) is 2.72. The zero-order valence-electron chi connectivity index (χ0n) is 19.1. The fourth-order valence-electron chi connectivity index (χ4n) is 5.65. The quantitative estimate of drug-likeness (QED) is 0.303. The maximum absolute atomic E-state index is 13.7. The van der Waals surface area contributed by atoms with Crippen LogP contribution in [0.1, 0.15) is 39.0 Å². The molecule has 3 amide bonds. The average molecular weight is 557 g/mol. The number of carbonyl (C=O) groups is 3. The molecule has 0 radical (unpaired) electrons. The number of rotatable bonds is 10. The number of ether oxygens (including phenoxy) is 1. The van der Waals surface area contributed by atoms with E-state index in [4.69, 9.17) is 21.4 Å². The molecule has 1 aromatic rings. The first-order valence-corrected chi connectivity index (χ1v) is 13.2. The van der Waals surface area contributed by atoms with Crippen molar-refractivity contribution in [2.45, 2.75) is 61.6 Å². The molecule has 3 aliphatic rings. The Morgan fingerprint density at radius 2 is 1.97 bits per heavy atom. The first-order valence-electron chi connectivity index (χ1n) is 11.9. The van der Waals surface area contributed by atoms with Gasteiger partial charge in [-0.15, -0.1) is 0 Å². The van der Waals surface area contributed by atoms with Gasteiger partial charge in [0, 0.05) is 35.2 Å². The van der Waals surface area contributed by atoms with Crippen molar-refractivity contribution < 1.29 is 24.2 Å². The van der Waals surface area contributed by atoms with Gasteiger partial charge in [0.1, 0.15) is 11.6 Å². The lowest BCUT2D eigenvalue weighted by Gasteiger charge is -2.34. The zero-order chi connectivity index (χ0) is 24.5. The number of amides is 3. The second kappa shape index (κ2) is 10.5. The maximum Gasteiger partial charge on any atom is 0.250 e. The highest BCUT2D eigenvalue weighted by Gasteiger charge is 2.76. The van der Waals surface area contributed by atoms with E-state index in [0.717, 1.165) is 12.8 Å². The van der Waals surface area contributed by atoms with Gasteiger partial charge in [0.05, 0.1) is 17.9 Å². The summed E-state index contributed by atoms with van der Waals surface area (Å²) >= 11 is 9.63. The van der Waals surface area contributed by atoms with Crippen LogP contribution in [0.3, 0.4) is 0 Å². The molecule has 3 aliphatic heterocycles. The minimum atomic E-state index is -1.07. The van der Waals surface area contributed by atoms with Crippen molar-refractivity contribution in [1.82, 2.24) is 10.2 Å². The summed E-state index contributed by atoms with van der Waals surface area (Å²) in [5.41, 5.74) is -0.500. The van der Waals surface area contributed by atoms with Gasteiger partial charge in [0.15, 0.2) is 0 Å². The van der Waals surface area contributed by atoms with Crippen LogP contribution in [0.2, 0.25) is 5.02 Å². The van der Waals surface area contributed by atoms with Crippen LogP contribution in [-0.2, 0) is 19.1 Å². The van der Waals surface area contributed by atoms with Crippen molar-refractivity contribution in [2.24, 2.45) is 11.8 Å². The number of halogens is 2. The maximum atomic E-state index is 13.7. The molecule has 10 heteroatoms. The van der Waals surface area contributed by atoms with E-state index in [1.54, 1.807) is 29.2 Å². The molecule has 3 fully saturated rings. The summed E-state index contributed by atoms with van der Waals surface area (Å²) in [6.45, 7) is 2.93. The molecule has 6 atom stereocenters. The summed E-state index contributed by atoms with van der Waals surface area (Å²) in [4.78, 5) is 42.0. The number of hydrogen-bond acceptors (Lipinski definition) is 5. The Labute approximate surface area is 212 Å². The molecule has 0 aliphatic carbocycles. The van der Waals surface area contributed by atoms with Crippen molar-refractivity contribution in [1.29, 1.82) is 0 Å². The molecule has 3 unspecified atom stereocenters. The van der Waals surface area contributed by atoms with E-state index in [9.17, 15) is 14.4 Å². The van der Waals surface area contributed by atoms with Crippen LogP contribution in [0.4, 0.5) is 5.69 Å². The number of likely N-dealkylation sites (tertiary alicyclic amines) is 1. The van der Waals surface area contributed by atoms with E-state index in [2.05, 4.69) is 26.6 Å². The number of anilines is 1. The number of fused-ring (bicyclic) bond motifs is 1. The van der Waals surface area contributed by atoms with Crippen LogP contribution >= 0.6 is 27.5 Å². The van der Waals surface area contributed by atoms with Gasteiger partial charge in [-0.05, 0) is 56.4 Å². The average Bonchev–Trinajstić information content (AvgIpc) is 3.40. The van der Waals surface area contributed by atoms with Crippen LogP contribution in [0.25, 0.3) is 0 Å². The highest BCUT2D eigenvalue weighted by atomic mass is 79.9. The summed E-state index contributed by atoms with van der Waals surface area (Å²) in [5, 5.41) is 15.5. The summed E-state index contributed by atoms with van der Waals surface area (Å²) in [7, 11) is 0. The molecule has 1 spiro atoms. The van der Waals surface area contributed by atoms with Crippen molar-refractivity contribution in [2.75, 3.05) is 25.0 Å². The molecule has 3 saturated heterocycles. The topological polar surface area (TPSA) is 108 Å². The Hall–Kier alpha value is -1.68. The van der Waals surface area contributed by atoms with Gasteiger partial charge in [0.25, 0.3) is 0 Å². The lowest BCUT2D eigenvalue weighted by atomic mass is 9.70. The summed E-state index contributed by atoms with van der Waals surface area (Å²) in [6.07, 6.45) is 2.80. The molecular formula is C24H31BrClN3O5. The number of aliphatic hydroxyl groups is 1. The molecule has 0 saturated carbocycles. The van der Waals surface area contributed by atoms with E-state index in [1.807, 2.05) is 6.92 Å². The van der Waals surface area contributed by atoms with Crippen molar-refractivity contribution in [3.05, 3.63) is 29.3 Å². The largest absolute Gasteiger partial charge is 0.396 e. The SMILES string of the molecule is CCCNC(=O)[C@H]1[C@@H]2OC3(CC2Br)C(C(=O)Nc2ccc(Cl)cc2)N(CCCCCO)C(=O)[C@H]13. The number of nitrogens with zero attached hydrogens (tertiary/aromatic N) is 1. The summed E-state index contributed by atoms with van der Waals surface area (Å²) in [6, 6.07) is 5.93. The smallest absolute Gasteiger partial charge is 0.250 e. The number of nitrogens with one attached hydrogen (secondary N) is 2. The zero-order valence-corrected chi connectivity index (χ0v) is 21.5. The molecular weight excluding hydrogens is 526 g/mol. The van der Waals surface area contributed by atoms with Crippen molar-refractivity contribution >= 4 is 50.9 Å². The van der Waals surface area contributed by atoms with Gasteiger partial charge in [-0.3, -0.25) is 14.4 Å². The number of aliphatic hydroxyl groups excluding tert-OH is 1. The first kappa shape index (κ1) is 25.4. The van der Waals surface area contributed by atoms with E-state index >= 15 is 0 Å².